The SMILES string of the molecule is COc1cccc(NC(=O)CN(CCc2ccccc2)S(=O)(=O)c2ccc(C)cc2)c1. The number of hydrogen-bond donors (Lipinski definition) is 1. The van der Waals surface area contributed by atoms with Gasteiger partial charge in [-0.3, -0.25) is 4.79 Å². The maximum atomic E-state index is 13.3. The van der Waals surface area contributed by atoms with Crippen LogP contribution in [0.5, 0.6) is 5.75 Å². The van der Waals surface area contributed by atoms with Gasteiger partial charge < -0.3 is 10.1 Å². The van der Waals surface area contributed by atoms with Gasteiger partial charge in [-0.25, -0.2) is 8.42 Å². The van der Waals surface area contributed by atoms with Gasteiger partial charge in [-0.05, 0) is 43.2 Å². The molecule has 162 valence electrons. The molecule has 3 aromatic rings. The van der Waals surface area contributed by atoms with E-state index in [9.17, 15) is 13.2 Å². The summed E-state index contributed by atoms with van der Waals surface area (Å²) < 4.78 is 32.9. The molecule has 0 saturated carbocycles. The number of hydrogen-bond acceptors (Lipinski definition) is 4. The van der Waals surface area contributed by atoms with E-state index in [1.54, 1.807) is 55.6 Å². The molecule has 0 aliphatic carbocycles. The number of aryl methyl sites for hydroxylation is 1. The lowest BCUT2D eigenvalue weighted by molar-refractivity contribution is -0.116. The first kappa shape index (κ1) is 22.5. The van der Waals surface area contributed by atoms with Gasteiger partial charge >= 0.3 is 0 Å². The molecule has 0 fully saturated rings. The molecule has 0 radical (unpaired) electrons. The second-order valence-corrected chi connectivity index (χ2v) is 9.11. The van der Waals surface area contributed by atoms with Crippen molar-refractivity contribution in [3.8, 4) is 5.75 Å². The second kappa shape index (κ2) is 10.2. The molecule has 0 saturated heterocycles. The van der Waals surface area contributed by atoms with E-state index >= 15 is 0 Å². The van der Waals surface area contributed by atoms with Crippen LogP contribution in [0.4, 0.5) is 5.69 Å². The maximum absolute atomic E-state index is 13.3. The second-order valence-electron chi connectivity index (χ2n) is 7.17. The molecule has 7 heteroatoms. The predicted molar refractivity (Wildman–Crippen MR) is 122 cm³/mol. The van der Waals surface area contributed by atoms with Gasteiger partial charge in [0.25, 0.3) is 0 Å². The Morgan fingerprint density at radius 3 is 2.35 bits per heavy atom. The Labute approximate surface area is 183 Å². The molecule has 0 spiro atoms. The van der Waals surface area contributed by atoms with Gasteiger partial charge in [0, 0.05) is 18.3 Å². The number of nitrogens with one attached hydrogen (secondary N) is 1. The van der Waals surface area contributed by atoms with Crippen molar-refractivity contribution in [3.63, 3.8) is 0 Å². The van der Waals surface area contributed by atoms with Crippen LogP contribution in [0.15, 0.2) is 83.8 Å². The first-order valence-electron chi connectivity index (χ1n) is 9.93. The van der Waals surface area contributed by atoms with Crippen LogP contribution in [0.3, 0.4) is 0 Å². The van der Waals surface area contributed by atoms with Crippen molar-refractivity contribution in [2.75, 3.05) is 25.5 Å². The van der Waals surface area contributed by atoms with E-state index in [1.807, 2.05) is 37.3 Å². The lowest BCUT2D eigenvalue weighted by Crippen LogP contribution is -2.39. The number of rotatable bonds is 9. The van der Waals surface area contributed by atoms with Crippen molar-refractivity contribution in [1.82, 2.24) is 4.31 Å². The zero-order valence-corrected chi connectivity index (χ0v) is 18.4. The largest absolute Gasteiger partial charge is 0.497 e. The number of methoxy groups -OCH3 is 1. The van der Waals surface area contributed by atoms with E-state index < -0.39 is 15.9 Å². The highest BCUT2D eigenvalue weighted by Gasteiger charge is 2.26. The van der Waals surface area contributed by atoms with Crippen LogP contribution in [0.1, 0.15) is 11.1 Å². The minimum Gasteiger partial charge on any atom is -0.497 e. The molecule has 1 N–H and O–H groups in total. The van der Waals surface area contributed by atoms with Crippen LogP contribution in [0.2, 0.25) is 0 Å². The average molecular weight is 439 g/mol. The molecule has 0 heterocycles. The van der Waals surface area contributed by atoms with E-state index in [0.717, 1.165) is 11.1 Å². The summed E-state index contributed by atoms with van der Waals surface area (Å²) in [5.41, 5.74) is 2.51. The molecular formula is C24H26N2O4S. The quantitative estimate of drug-likeness (QED) is 0.550. The topological polar surface area (TPSA) is 75.7 Å². The number of ether oxygens (including phenoxy) is 1. The summed E-state index contributed by atoms with van der Waals surface area (Å²) in [5, 5.41) is 2.75. The molecular weight excluding hydrogens is 412 g/mol. The summed E-state index contributed by atoms with van der Waals surface area (Å²) in [5.74, 6) is 0.183. The fraction of sp³-hybridized carbons (Fsp3) is 0.208. The first-order chi connectivity index (χ1) is 14.9. The summed E-state index contributed by atoms with van der Waals surface area (Å²) >= 11 is 0. The van der Waals surface area contributed by atoms with Gasteiger partial charge in [0.2, 0.25) is 15.9 Å². The molecule has 6 nitrogen and oxygen atoms in total. The van der Waals surface area contributed by atoms with Crippen molar-refractivity contribution in [2.45, 2.75) is 18.2 Å². The standard InChI is InChI=1S/C24H26N2O4S/c1-19-11-13-23(14-12-19)31(28,29)26(16-15-20-7-4-3-5-8-20)18-24(27)25-21-9-6-10-22(17-21)30-2/h3-14,17H,15-16,18H2,1-2H3,(H,25,27). The third-order valence-electron chi connectivity index (χ3n) is 4.82. The zero-order chi connectivity index (χ0) is 22.3. The summed E-state index contributed by atoms with van der Waals surface area (Å²) in [6, 6.07) is 23.2. The van der Waals surface area contributed by atoms with Crippen molar-refractivity contribution in [3.05, 3.63) is 90.0 Å². The van der Waals surface area contributed by atoms with Gasteiger partial charge in [0.15, 0.2) is 0 Å². The Balaban J connectivity index is 1.80. The third-order valence-corrected chi connectivity index (χ3v) is 6.68. The molecule has 3 aromatic carbocycles. The molecule has 1 amide bonds. The maximum Gasteiger partial charge on any atom is 0.243 e. The highest BCUT2D eigenvalue weighted by molar-refractivity contribution is 7.89. The number of nitrogens with zero attached hydrogens (tertiary/aromatic N) is 1. The van der Waals surface area contributed by atoms with E-state index in [1.165, 1.54) is 4.31 Å². The Morgan fingerprint density at radius 2 is 1.68 bits per heavy atom. The lowest BCUT2D eigenvalue weighted by atomic mass is 10.1. The molecule has 0 aromatic heterocycles. The average Bonchev–Trinajstić information content (AvgIpc) is 2.77. The summed E-state index contributed by atoms with van der Waals surface area (Å²) in [6.45, 7) is 1.79. The van der Waals surface area contributed by atoms with E-state index in [-0.39, 0.29) is 18.0 Å². The minimum absolute atomic E-state index is 0.167. The summed E-state index contributed by atoms with van der Waals surface area (Å²) in [7, 11) is -2.30. The van der Waals surface area contributed by atoms with E-state index in [0.29, 0.717) is 17.9 Å². The van der Waals surface area contributed by atoms with Crippen LogP contribution in [0.25, 0.3) is 0 Å². The predicted octanol–water partition coefficient (Wildman–Crippen LogP) is 3.88. The Morgan fingerprint density at radius 1 is 0.968 bits per heavy atom. The summed E-state index contributed by atoms with van der Waals surface area (Å²) in [4.78, 5) is 12.9. The molecule has 0 unspecified atom stereocenters. The van der Waals surface area contributed by atoms with Crippen molar-refractivity contribution < 1.29 is 17.9 Å². The molecule has 31 heavy (non-hydrogen) atoms. The van der Waals surface area contributed by atoms with Crippen LogP contribution in [-0.4, -0.2) is 38.8 Å². The highest BCUT2D eigenvalue weighted by Crippen LogP contribution is 2.19. The first-order valence-corrected chi connectivity index (χ1v) is 11.4. The monoisotopic (exact) mass is 438 g/mol. The van der Waals surface area contributed by atoms with E-state index in [2.05, 4.69) is 5.32 Å². The van der Waals surface area contributed by atoms with Gasteiger partial charge in [-0.1, -0.05) is 54.1 Å². The van der Waals surface area contributed by atoms with Crippen LogP contribution in [0, 0.1) is 6.92 Å². The molecule has 0 aliphatic rings. The number of carbonyl (C=O) groups is 1. The fourth-order valence-corrected chi connectivity index (χ4v) is 4.50. The van der Waals surface area contributed by atoms with Crippen molar-refractivity contribution in [2.24, 2.45) is 0 Å². The summed E-state index contributed by atoms with van der Waals surface area (Å²) in [6.07, 6.45) is 0.498. The molecule has 0 bridgehead atoms. The van der Waals surface area contributed by atoms with Crippen LogP contribution in [-0.2, 0) is 21.2 Å². The van der Waals surface area contributed by atoms with Gasteiger partial charge in [-0.15, -0.1) is 0 Å². The Hall–Kier alpha value is -3.16. The zero-order valence-electron chi connectivity index (χ0n) is 17.6. The fourth-order valence-electron chi connectivity index (χ4n) is 3.10. The van der Waals surface area contributed by atoms with E-state index in [4.69, 9.17) is 4.74 Å². The number of sulfonamides is 1. The number of carbonyl (C=O) groups excluding carboxylic acids is 1. The Bertz CT molecular complexity index is 1110. The van der Waals surface area contributed by atoms with Gasteiger partial charge in [0.05, 0.1) is 18.6 Å². The van der Waals surface area contributed by atoms with Crippen molar-refractivity contribution >= 4 is 21.6 Å². The van der Waals surface area contributed by atoms with Gasteiger partial charge in [0.1, 0.15) is 5.75 Å². The Kier molecular flexibility index (Phi) is 7.44. The highest BCUT2D eigenvalue weighted by atomic mass is 32.2. The smallest absolute Gasteiger partial charge is 0.243 e. The van der Waals surface area contributed by atoms with Crippen molar-refractivity contribution in [1.29, 1.82) is 0 Å². The van der Waals surface area contributed by atoms with Gasteiger partial charge in [-0.2, -0.15) is 4.31 Å². The van der Waals surface area contributed by atoms with Crippen LogP contribution >= 0.6 is 0 Å². The number of anilines is 1. The number of amides is 1. The minimum atomic E-state index is -3.84. The molecule has 0 aliphatic heterocycles. The van der Waals surface area contributed by atoms with Crippen LogP contribution < -0.4 is 10.1 Å². The molecule has 0 atom stereocenters. The number of benzene rings is 3. The lowest BCUT2D eigenvalue weighted by Gasteiger charge is -2.22. The molecule has 3 rings (SSSR count). The third kappa shape index (κ3) is 6.16. The normalized spacial score (nSPS) is 11.3.